The number of hydrogen-bond acceptors (Lipinski definition) is 4. The van der Waals surface area contributed by atoms with Crippen LogP contribution in [0.3, 0.4) is 0 Å². The van der Waals surface area contributed by atoms with Crippen molar-refractivity contribution >= 4 is 22.5 Å². The van der Waals surface area contributed by atoms with Crippen LogP contribution in [0.1, 0.15) is 21.6 Å². The number of ether oxygens (including phenoxy) is 2. The number of nitrogens with one attached hydrogen (secondary N) is 1. The minimum absolute atomic E-state index is 0.195. The number of nitrogens with zero attached hydrogens (tertiary/aromatic N) is 2. The van der Waals surface area contributed by atoms with Gasteiger partial charge in [-0.05, 0) is 30.7 Å². The molecule has 144 valence electrons. The maximum absolute atomic E-state index is 13.0. The Bertz CT molecular complexity index is 1210. The molecule has 3 aromatic carbocycles. The van der Waals surface area contributed by atoms with Crippen molar-refractivity contribution < 1.29 is 14.3 Å². The van der Waals surface area contributed by atoms with Gasteiger partial charge in [0.05, 0.1) is 12.1 Å². The molecule has 1 aliphatic rings. The number of hydrogen-bond donors (Lipinski definition) is 1. The van der Waals surface area contributed by atoms with Gasteiger partial charge in [0.25, 0.3) is 5.91 Å². The molecule has 0 fully saturated rings. The lowest BCUT2D eigenvalue weighted by Crippen LogP contribution is -2.14. The lowest BCUT2D eigenvalue weighted by atomic mass is 10.1. The molecule has 0 atom stereocenters. The van der Waals surface area contributed by atoms with E-state index in [1.54, 1.807) is 18.2 Å². The molecule has 1 aromatic heterocycles. The number of anilines is 1. The van der Waals surface area contributed by atoms with Gasteiger partial charge in [-0.15, -0.1) is 0 Å². The molecule has 0 radical (unpaired) electrons. The summed E-state index contributed by atoms with van der Waals surface area (Å²) in [6, 6.07) is 21.4. The fourth-order valence-electron chi connectivity index (χ4n) is 3.45. The van der Waals surface area contributed by atoms with Gasteiger partial charge in [-0.25, -0.2) is 0 Å². The van der Waals surface area contributed by atoms with Gasteiger partial charge in [0.15, 0.2) is 17.2 Å². The summed E-state index contributed by atoms with van der Waals surface area (Å²) in [4.78, 5) is 13.0. The minimum atomic E-state index is -0.261. The number of para-hydroxylation sites is 1. The van der Waals surface area contributed by atoms with Gasteiger partial charge in [-0.2, -0.15) is 5.10 Å². The molecule has 29 heavy (non-hydrogen) atoms. The van der Waals surface area contributed by atoms with E-state index in [0.29, 0.717) is 29.4 Å². The summed E-state index contributed by atoms with van der Waals surface area (Å²) >= 11 is 0. The van der Waals surface area contributed by atoms with Crippen LogP contribution in [-0.2, 0) is 6.54 Å². The Morgan fingerprint density at radius 2 is 1.83 bits per heavy atom. The predicted octanol–water partition coefficient (Wildman–Crippen LogP) is 4.37. The Labute approximate surface area is 167 Å². The maximum atomic E-state index is 13.0. The number of carbonyl (C=O) groups excluding carboxylic acids is 1. The topological polar surface area (TPSA) is 65.4 Å². The third-order valence-electron chi connectivity index (χ3n) is 4.96. The SMILES string of the molecule is Cc1ccc(Cn2nc(C(=O)Nc3ccc4c(c3)OCO4)c3ccccc32)cc1. The Kier molecular flexibility index (Phi) is 4.17. The van der Waals surface area contributed by atoms with Crippen molar-refractivity contribution in [2.45, 2.75) is 13.5 Å². The zero-order chi connectivity index (χ0) is 19.8. The van der Waals surface area contributed by atoms with E-state index in [4.69, 9.17) is 9.47 Å². The highest BCUT2D eigenvalue weighted by atomic mass is 16.7. The van der Waals surface area contributed by atoms with Crippen LogP contribution in [0, 0.1) is 6.92 Å². The van der Waals surface area contributed by atoms with Crippen molar-refractivity contribution in [3.63, 3.8) is 0 Å². The summed E-state index contributed by atoms with van der Waals surface area (Å²) in [6.07, 6.45) is 0. The molecule has 0 bridgehead atoms. The first kappa shape index (κ1) is 17.3. The number of benzene rings is 3. The molecule has 6 heteroatoms. The molecule has 1 N–H and O–H groups in total. The van der Waals surface area contributed by atoms with Gasteiger partial charge in [0, 0.05) is 17.1 Å². The number of aromatic nitrogens is 2. The first-order valence-corrected chi connectivity index (χ1v) is 9.39. The van der Waals surface area contributed by atoms with E-state index in [-0.39, 0.29) is 12.7 Å². The Morgan fingerprint density at radius 3 is 2.69 bits per heavy atom. The van der Waals surface area contributed by atoms with Crippen LogP contribution in [0.25, 0.3) is 10.9 Å². The largest absolute Gasteiger partial charge is 0.454 e. The molecule has 0 unspecified atom stereocenters. The molecule has 6 nitrogen and oxygen atoms in total. The number of amides is 1. The fourth-order valence-corrected chi connectivity index (χ4v) is 3.45. The van der Waals surface area contributed by atoms with Crippen molar-refractivity contribution in [3.05, 3.63) is 83.6 Å². The highest BCUT2D eigenvalue weighted by Crippen LogP contribution is 2.34. The van der Waals surface area contributed by atoms with Gasteiger partial charge in [0.1, 0.15) is 0 Å². The summed E-state index contributed by atoms with van der Waals surface area (Å²) in [6.45, 7) is 2.85. The second kappa shape index (κ2) is 6.98. The molecule has 0 saturated carbocycles. The molecule has 0 aliphatic carbocycles. The van der Waals surface area contributed by atoms with Gasteiger partial charge in [-0.3, -0.25) is 9.48 Å². The standard InChI is InChI=1S/C23H19N3O3/c1-15-6-8-16(9-7-15)13-26-19-5-3-2-4-18(19)22(25-26)23(27)24-17-10-11-20-21(12-17)29-14-28-20/h2-12H,13-14H2,1H3,(H,24,27). The third kappa shape index (κ3) is 3.29. The zero-order valence-corrected chi connectivity index (χ0v) is 15.9. The van der Waals surface area contributed by atoms with E-state index in [1.165, 1.54) is 5.56 Å². The molecule has 1 amide bonds. The number of fused-ring (bicyclic) bond motifs is 2. The predicted molar refractivity (Wildman–Crippen MR) is 111 cm³/mol. The second-order valence-electron chi connectivity index (χ2n) is 7.03. The monoisotopic (exact) mass is 385 g/mol. The molecule has 0 saturated heterocycles. The van der Waals surface area contributed by atoms with Gasteiger partial charge in [-0.1, -0.05) is 48.0 Å². The average molecular weight is 385 g/mol. The zero-order valence-electron chi connectivity index (χ0n) is 15.9. The summed E-state index contributed by atoms with van der Waals surface area (Å²) < 4.78 is 12.6. The normalized spacial score (nSPS) is 12.3. The second-order valence-corrected chi connectivity index (χ2v) is 7.03. The van der Waals surface area contributed by atoms with Crippen molar-refractivity contribution in [2.75, 3.05) is 12.1 Å². The van der Waals surface area contributed by atoms with E-state index in [1.807, 2.05) is 28.9 Å². The van der Waals surface area contributed by atoms with Crippen LogP contribution in [-0.4, -0.2) is 22.5 Å². The number of carbonyl (C=O) groups is 1. The molecular weight excluding hydrogens is 366 g/mol. The molecule has 1 aliphatic heterocycles. The summed E-state index contributed by atoms with van der Waals surface area (Å²) in [5.41, 5.74) is 4.29. The van der Waals surface area contributed by atoms with Gasteiger partial charge < -0.3 is 14.8 Å². The number of aryl methyl sites for hydroxylation is 1. The summed E-state index contributed by atoms with van der Waals surface area (Å²) in [5.74, 6) is 1.04. The lowest BCUT2D eigenvalue weighted by Gasteiger charge is -2.05. The van der Waals surface area contributed by atoms with Crippen LogP contribution < -0.4 is 14.8 Å². The molecular formula is C23H19N3O3. The van der Waals surface area contributed by atoms with Crippen LogP contribution in [0.2, 0.25) is 0 Å². The van der Waals surface area contributed by atoms with Crippen molar-refractivity contribution in [2.24, 2.45) is 0 Å². The Hall–Kier alpha value is -3.80. The van der Waals surface area contributed by atoms with Crippen LogP contribution >= 0.6 is 0 Å². The smallest absolute Gasteiger partial charge is 0.276 e. The highest BCUT2D eigenvalue weighted by molar-refractivity contribution is 6.11. The minimum Gasteiger partial charge on any atom is -0.454 e. The maximum Gasteiger partial charge on any atom is 0.276 e. The summed E-state index contributed by atoms with van der Waals surface area (Å²) in [7, 11) is 0. The van der Waals surface area contributed by atoms with E-state index in [2.05, 4.69) is 41.6 Å². The van der Waals surface area contributed by atoms with Crippen molar-refractivity contribution in [3.8, 4) is 11.5 Å². The quantitative estimate of drug-likeness (QED) is 0.566. The van der Waals surface area contributed by atoms with E-state index in [9.17, 15) is 4.79 Å². The molecule has 2 heterocycles. The number of rotatable bonds is 4. The lowest BCUT2D eigenvalue weighted by molar-refractivity contribution is 0.102. The third-order valence-corrected chi connectivity index (χ3v) is 4.96. The molecule has 5 rings (SSSR count). The first-order chi connectivity index (χ1) is 14.2. The van der Waals surface area contributed by atoms with Crippen molar-refractivity contribution in [1.82, 2.24) is 9.78 Å². The van der Waals surface area contributed by atoms with Crippen LogP contribution in [0.5, 0.6) is 11.5 Å². The van der Waals surface area contributed by atoms with E-state index >= 15 is 0 Å². The van der Waals surface area contributed by atoms with Gasteiger partial charge in [0.2, 0.25) is 6.79 Å². The van der Waals surface area contributed by atoms with Crippen LogP contribution in [0.4, 0.5) is 5.69 Å². The Morgan fingerprint density at radius 1 is 1.03 bits per heavy atom. The fraction of sp³-hybridized carbons (Fsp3) is 0.130. The average Bonchev–Trinajstić information content (AvgIpc) is 3.34. The van der Waals surface area contributed by atoms with Crippen molar-refractivity contribution in [1.29, 1.82) is 0 Å². The van der Waals surface area contributed by atoms with Gasteiger partial charge >= 0.3 is 0 Å². The first-order valence-electron chi connectivity index (χ1n) is 9.39. The highest BCUT2D eigenvalue weighted by Gasteiger charge is 2.19. The molecule has 4 aromatic rings. The molecule has 0 spiro atoms. The van der Waals surface area contributed by atoms with Crippen LogP contribution in [0.15, 0.2) is 66.7 Å². The Balaban J connectivity index is 1.46. The summed E-state index contributed by atoms with van der Waals surface area (Å²) in [5, 5.41) is 8.36. The van der Waals surface area contributed by atoms with E-state index in [0.717, 1.165) is 16.5 Å². The van der Waals surface area contributed by atoms with E-state index < -0.39 is 0 Å².